The molecule has 6 nitrogen and oxygen atoms in total. The number of aromatic nitrogens is 1. The number of rotatable bonds is 4. The van der Waals surface area contributed by atoms with Crippen molar-refractivity contribution in [3.8, 4) is 11.8 Å². The highest BCUT2D eigenvalue weighted by atomic mass is 16.5. The zero-order chi connectivity index (χ0) is 19.3. The molecule has 1 unspecified atom stereocenters. The Labute approximate surface area is 159 Å². The molecule has 0 saturated carbocycles. The van der Waals surface area contributed by atoms with Crippen molar-refractivity contribution in [1.82, 2.24) is 9.88 Å². The molecule has 1 aliphatic rings. The molecule has 0 aliphatic carbocycles. The van der Waals surface area contributed by atoms with Crippen molar-refractivity contribution in [3.63, 3.8) is 0 Å². The number of carbonyl (C=O) groups excluding carboxylic acids is 1. The second-order valence-corrected chi connectivity index (χ2v) is 7.16. The summed E-state index contributed by atoms with van der Waals surface area (Å²) in [7, 11) is 0. The Morgan fingerprint density at radius 2 is 2.30 bits per heavy atom. The van der Waals surface area contributed by atoms with Crippen molar-refractivity contribution >= 4 is 5.91 Å². The molecular formula is C21H24N2O4. The van der Waals surface area contributed by atoms with Crippen molar-refractivity contribution in [1.29, 1.82) is 0 Å². The lowest BCUT2D eigenvalue weighted by molar-refractivity contribution is -0.00762. The Kier molecular flexibility index (Phi) is 5.94. The summed E-state index contributed by atoms with van der Waals surface area (Å²) >= 11 is 0. The molecule has 27 heavy (non-hydrogen) atoms. The minimum Gasteiger partial charge on any atom is -0.443 e. The van der Waals surface area contributed by atoms with E-state index in [0.717, 1.165) is 18.4 Å². The van der Waals surface area contributed by atoms with Gasteiger partial charge in [-0.25, -0.2) is 0 Å². The first-order valence-corrected chi connectivity index (χ1v) is 9.06. The van der Waals surface area contributed by atoms with Gasteiger partial charge in [-0.05, 0) is 56.4 Å². The van der Waals surface area contributed by atoms with Crippen LogP contribution in [0.25, 0.3) is 0 Å². The van der Waals surface area contributed by atoms with Crippen molar-refractivity contribution < 1.29 is 19.1 Å². The van der Waals surface area contributed by atoms with Crippen LogP contribution < -0.4 is 0 Å². The van der Waals surface area contributed by atoms with Crippen molar-refractivity contribution in [2.75, 3.05) is 13.1 Å². The lowest BCUT2D eigenvalue weighted by Gasteiger charge is -2.32. The van der Waals surface area contributed by atoms with Crippen LogP contribution >= 0.6 is 0 Å². The minimum atomic E-state index is -1.11. The van der Waals surface area contributed by atoms with E-state index in [1.54, 1.807) is 43.3 Å². The molecule has 2 aromatic rings. The van der Waals surface area contributed by atoms with Gasteiger partial charge in [-0.1, -0.05) is 12.0 Å². The summed E-state index contributed by atoms with van der Waals surface area (Å²) in [6.45, 7) is 4.88. The predicted octanol–water partition coefficient (Wildman–Crippen LogP) is 2.62. The number of nitrogens with zero attached hydrogens (tertiary/aromatic N) is 2. The van der Waals surface area contributed by atoms with Crippen LogP contribution in [0.4, 0.5) is 0 Å². The van der Waals surface area contributed by atoms with Crippen LogP contribution in [0.1, 0.15) is 48.6 Å². The first-order valence-electron chi connectivity index (χ1n) is 9.06. The van der Waals surface area contributed by atoms with Gasteiger partial charge >= 0.3 is 0 Å². The van der Waals surface area contributed by atoms with Gasteiger partial charge in [0.25, 0.3) is 5.91 Å². The summed E-state index contributed by atoms with van der Waals surface area (Å²) in [5, 5.41) is 9.65. The van der Waals surface area contributed by atoms with Crippen LogP contribution in [0, 0.1) is 11.8 Å². The second kappa shape index (κ2) is 8.38. The third-order valence-electron chi connectivity index (χ3n) is 4.18. The van der Waals surface area contributed by atoms with Crippen LogP contribution in [0.5, 0.6) is 0 Å². The third-order valence-corrected chi connectivity index (χ3v) is 4.18. The minimum absolute atomic E-state index is 0.00711. The lowest BCUT2D eigenvalue weighted by Crippen LogP contribution is -2.43. The van der Waals surface area contributed by atoms with Crippen LogP contribution in [-0.4, -0.2) is 45.7 Å². The largest absolute Gasteiger partial charge is 0.443 e. The smallest absolute Gasteiger partial charge is 0.289 e. The summed E-state index contributed by atoms with van der Waals surface area (Å²) in [5.74, 6) is 5.86. The molecule has 0 radical (unpaired) electrons. The highest BCUT2D eigenvalue weighted by Crippen LogP contribution is 2.18. The molecule has 1 atom stereocenters. The summed E-state index contributed by atoms with van der Waals surface area (Å²) in [6.07, 6.45) is 5.31. The monoisotopic (exact) mass is 368 g/mol. The highest BCUT2D eigenvalue weighted by molar-refractivity contribution is 5.91. The van der Waals surface area contributed by atoms with E-state index in [0.29, 0.717) is 25.5 Å². The zero-order valence-electron chi connectivity index (χ0n) is 15.6. The van der Waals surface area contributed by atoms with E-state index in [-0.39, 0.29) is 17.8 Å². The average Bonchev–Trinajstić information content (AvgIpc) is 3.14. The van der Waals surface area contributed by atoms with E-state index in [1.807, 2.05) is 12.1 Å². The first-order chi connectivity index (χ1) is 12.9. The molecule has 2 aromatic heterocycles. The third kappa shape index (κ3) is 5.68. The molecule has 0 bridgehead atoms. The van der Waals surface area contributed by atoms with E-state index in [2.05, 4.69) is 16.8 Å². The molecule has 1 saturated heterocycles. The molecule has 3 rings (SSSR count). The maximum absolute atomic E-state index is 12.7. The van der Waals surface area contributed by atoms with Gasteiger partial charge in [-0.15, -0.1) is 0 Å². The number of carbonyl (C=O) groups is 1. The van der Waals surface area contributed by atoms with Gasteiger partial charge in [0.15, 0.2) is 11.5 Å². The molecule has 0 aromatic carbocycles. The van der Waals surface area contributed by atoms with Crippen molar-refractivity contribution in [2.24, 2.45) is 0 Å². The number of pyridine rings is 1. The molecule has 1 aliphatic heterocycles. The molecule has 1 amide bonds. The van der Waals surface area contributed by atoms with E-state index in [4.69, 9.17) is 9.15 Å². The first kappa shape index (κ1) is 19.2. The molecule has 142 valence electrons. The number of hydrogen-bond donors (Lipinski definition) is 1. The highest BCUT2D eigenvalue weighted by Gasteiger charge is 2.26. The fourth-order valence-corrected chi connectivity index (χ4v) is 2.85. The van der Waals surface area contributed by atoms with Gasteiger partial charge in [-0.2, -0.15) is 0 Å². The average molecular weight is 368 g/mol. The van der Waals surface area contributed by atoms with Gasteiger partial charge in [0.1, 0.15) is 5.60 Å². The van der Waals surface area contributed by atoms with Crippen LogP contribution in [-0.2, 0) is 11.3 Å². The number of aliphatic hydroxyl groups is 1. The maximum atomic E-state index is 12.7. The molecule has 3 heterocycles. The quantitative estimate of drug-likeness (QED) is 0.840. The summed E-state index contributed by atoms with van der Waals surface area (Å²) in [5.41, 5.74) is -0.0927. The van der Waals surface area contributed by atoms with Gasteiger partial charge in [-0.3, -0.25) is 9.78 Å². The molecule has 0 spiro atoms. The Balaban J connectivity index is 1.58. The number of furan rings is 1. The van der Waals surface area contributed by atoms with Crippen LogP contribution in [0.2, 0.25) is 0 Å². The fraction of sp³-hybridized carbons (Fsp3) is 0.429. The fourth-order valence-electron chi connectivity index (χ4n) is 2.85. The summed E-state index contributed by atoms with van der Waals surface area (Å²) < 4.78 is 11.5. The lowest BCUT2D eigenvalue weighted by atomic mass is 10.1. The Morgan fingerprint density at radius 1 is 1.44 bits per heavy atom. The Morgan fingerprint density at radius 3 is 3.04 bits per heavy atom. The van der Waals surface area contributed by atoms with Crippen molar-refractivity contribution in [3.05, 3.63) is 53.7 Å². The summed E-state index contributed by atoms with van der Waals surface area (Å²) in [6, 6.07) is 7.12. The number of hydrogen-bond acceptors (Lipinski definition) is 5. The van der Waals surface area contributed by atoms with Gasteiger partial charge in [0, 0.05) is 25.5 Å². The standard InChI is InChI=1S/C21H24N2O4/c1-21(2,25)10-9-17-7-8-19(27-17)20(24)23-12-4-6-18(14-23)26-15-16-5-3-11-22-13-16/h3,5,7-8,11,13,18,25H,4,6,12,14-15H2,1-2H3. The van der Waals surface area contributed by atoms with Gasteiger partial charge in [0.2, 0.25) is 0 Å². The number of piperidine rings is 1. The zero-order valence-corrected chi connectivity index (χ0v) is 15.6. The van der Waals surface area contributed by atoms with E-state index in [9.17, 15) is 9.90 Å². The van der Waals surface area contributed by atoms with Crippen LogP contribution in [0.15, 0.2) is 41.1 Å². The molecule has 6 heteroatoms. The Hall–Kier alpha value is -2.62. The van der Waals surface area contributed by atoms with Crippen LogP contribution in [0.3, 0.4) is 0 Å². The van der Waals surface area contributed by atoms with E-state index in [1.165, 1.54) is 0 Å². The predicted molar refractivity (Wildman–Crippen MR) is 99.8 cm³/mol. The normalized spacial score (nSPS) is 17.3. The second-order valence-electron chi connectivity index (χ2n) is 7.16. The topological polar surface area (TPSA) is 75.8 Å². The van der Waals surface area contributed by atoms with E-state index >= 15 is 0 Å². The Bertz CT molecular complexity index is 827. The van der Waals surface area contributed by atoms with E-state index < -0.39 is 5.60 Å². The molecule has 1 N–H and O–H groups in total. The van der Waals surface area contributed by atoms with Crippen molar-refractivity contribution in [2.45, 2.75) is 45.0 Å². The number of amides is 1. The number of ether oxygens (including phenoxy) is 1. The molecular weight excluding hydrogens is 344 g/mol. The van der Waals surface area contributed by atoms with Gasteiger partial charge in [0.05, 0.1) is 12.7 Å². The molecule has 1 fully saturated rings. The van der Waals surface area contributed by atoms with Gasteiger partial charge < -0.3 is 19.2 Å². The SMILES string of the molecule is CC(C)(O)C#Cc1ccc(C(=O)N2CCCC(OCc3cccnc3)C2)o1. The maximum Gasteiger partial charge on any atom is 0.289 e. The number of likely N-dealkylation sites (tertiary alicyclic amines) is 1. The summed E-state index contributed by atoms with van der Waals surface area (Å²) in [4.78, 5) is 18.5.